The first-order chi connectivity index (χ1) is 11.0. The molecule has 0 spiro atoms. The average Bonchev–Trinajstić information content (AvgIpc) is 2.54. The predicted molar refractivity (Wildman–Crippen MR) is 92.3 cm³/mol. The Morgan fingerprint density at radius 3 is 2.26 bits per heavy atom. The van der Waals surface area contributed by atoms with Crippen LogP contribution in [0.1, 0.15) is 12.5 Å². The lowest BCUT2D eigenvalue weighted by Gasteiger charge is -2.13. The third-order valence-electron chi connectivity index (χ3n) is 3.12. The third kappa shape index (κ3) is 4.63. The van der Waals surface area contributed by atoms with Crippen LogP contribution in [0, 0.1) is 0 Å². The van der Waals surface area contributed by atoms with Crippen molar-refractivity contribution >= 4 is 27.5 Å². The molecule has 2 aromatic rings. The highest BCUT2D eigenvalue weighted by atomic mass is 79.9. The van der Waals surface area contributed by atoms with Crippen LogP contribution in [-0.2, 0) is 11.4 Å². The molecule has 0 atom stereocenters. The maximum absolute atomic E-state index is 11.0. The van der Waals surface area contributed by atoms with Crippen LogP contribution in [-0.4, -0.2) is 20.1 Å². The van der Waals surface area contributed by atoms with Crippen LogP contribution in [0.2, 0.25) is 0 Å². The lowest BCUT2D eigenvalue weighted by Crippen LogP contribution is -2.05. The van der Waals surface area contributed by atoms with Crippen molar-refractivity contribution in [2.45, 2.75) is 13.5 Å². The summed E-state index contributed by atoms with van der Waals surface area (Å²) in [5.41, 5.74) is 1.67. The van der Waals surface area contributed by atoms with E-state index < -0.39 is 0 Å². The molecule has 0 aliphatic rings. The van der Waals surface area contributed by atoms with Crippen LogP contribution in [0.15, 0.2) is 40.9 Å². The van der Waals surface area contributed by atoms with Crippen LogP contribution in [0.25, 0.3) is 0 Å². The zero-order valence-electron chi connectivity index (χ0n) is 13.2. The minimum absolute atomic E-state index is 0.104. The molecule has 1 amide bonds. The number of hydrogen-bond donors (Lipinski definition) is 1. The smallest absolute Gasteiger partial charge is 0.221 e. The maximum atomic E-state index is 11.0. The second-order valence-electron chi connectivity index (χ2n) is 4.79. The van der Waals surface area contributed by atoms with E-state index in [0.717, 1.165) is 15.7 Å². The Labute approximate surface area is 143 Å². The lowest BCUT2D eigenvalue weighted by molar-refractivity contribution is -0.114. The number of halogens is 1. The number of methoxy groups -OCH3 is 2. The monoisotopic (exact) mass is 379 g/mol. The van der Waals surface area contributed by atoms with E-state index in [1.807, 2.05) is 12.1 Å². The summed E-state index contributed by atoms with van der Waals surface area (Å²) in [6.45, 7) is 1.85. The molecule has 0 bridgehead atoms. The number of carbonyl (C=O) groups excluding carboxylic acids is 1. The van der Waals surface area contributed by atoms with E-state index in [-0.39, 0.29) is 5.91 Å². The van der Waals surface area contributed by atoms with E-state index in [4.69, 9.17) is 14.2 Å². The molecule has 0 radical (unpaired) electrons. The van der Waals surface area contributed by atoms with Gasteiger partial charge in [-0.25, -0.2) is 0 Å². The van der Waals surface area contributed by atoms with E-state index in [1.54, 1.807) is 38.5 Å². The molecule has 0 saturated carbocycles. The van der Waals surface area contributed by atoms with Crippen LogP contribution in [0.5, 0.6) is 17.2 Å². The van der Waals surface area contributed by atoms with Gasteiger partial charge in [0.1, 0.15) is 12.4 Å². The van der Waals surface area contributed by atoms with Crippen molar-refractivity contribution in [3.63, 3.8) is 0 Å². The van der Waals surface area contributed by atoms with E-state index in [2.05, 4.69) is 21.2 Å². The quantitative estimate of drug-likeness (QED) is 0.823. The number of benzene rings is 2. The Morgan fingerprint density at radius 2 is 1.70 bits per heavy atom. The van der Waals surface area contributed by atoms with Crippen LogP contribution in [0.4, 0.5) is 5.69 Å². The Bertz CT molecular complexity index is 686. The number of ether oxygens (including phenoxy) is 3. The lowest BCUT2D eigenvalue weighted by atomic mass is 10.2. The van der Waals surface area contributed by atoms with Crippen molar-refractivity contribution in [1.82, 2.24) is 0 Å². The molecule has 0 unspecified atom stereocenters. The first kappa shape index (κ1) is 17.1. The summed E-state index contributed by atoms with van der Waals surface area (Å²) in [7, 11) is 3.19. The predicted octanol–water partition coefficient (Wildman–Crippen LogP) is 4.00. The Hall–Kier alpha value is -2.21. The van der Waals surface area contributed by atoms with E-state index in [1.165, 1.54) is 6.92 Å². The fourth-order valence-corrected chi connectivity index (χ4v) is 2.44. The highest BCUT2D eigenvalue weighted by Crippen LogP contribution is 2.33. The van der Waals surface area contributed by atoms with E-state index >= 15 is 0 Å². The Kier molecular flexibility index (Phi) is 5.87. The molecular formula is C17H18BrNO4. The second kappa shape index (κ2) is 7.87. The minimum Gasteiger partial charge on any atom is -0.493 e. The molecule has 23 heavy (non-hydrogen) atoms. The van der Waals surface area contributed by atoms with Crippen molar-refractivity contribution in [3.8, 4) is 17.2 Å². The first-order valence-corrected chi connectivity index (χ1v) is 7.73. The molecule has 5 nitrogen and oxygen atoms in total. The third-order valence-corrected chi connectivity index (χ3v) is 3.86. The number of nitrogens with one attached hydrogen (secondary N) is 1. The molecule has 1 N–H and O–H groups in total. The molecular weight excluding hydrogens is 362 g/mol. The van der Waals surface area contributed by atoms with Gasteiger partial charge in [0, 0.05) is 22.6 Å². The molecule has 0 aliphatic heterocycles. The standard InChI is InChI=1S/C17H18BrNO4/c1-11(20)19-13-4-6-14(7-5-13)23-10-12-8-16(21-2)17(22-3)9-15(12)18/h4-9H,10H2,1-3H3,(H,19,20). The summed E-state index contributed by atoms with van der Waals surface area (Å²) in [5.74, 6) is 1.91. The van der Waals surface area contributed by atoms with Crippen molar-refractivity contribution in [2.75, 3.05) is 19.5 Å². The highest BCUT2D eigenvalue weighted by Gasteiger charge is 2.10. The summed E-state index contributed by atoms with van der Waals surface area (Å²) in [4.78, 5) is 11.0. The van der Waals surface area contributed by atoms with Crippen LogP contribution >= 0.6 is 15.9 Å². The van der Waals surface area contributed by atoms with Gasteiger partial charge in [-0.15, -0.1) is 0 Å². The van der Waals surface area contributed by atoms with Crippen LogP contribution < -0.4 is 19.5 Å². The molecule has 2 aromatic carbocycles. The van der Waals surface area contributed by atoms with Crippen molar-refractivity contribution in [1.29, 1.82) is 0 Å². The number of anilines is 1. The number of hydrogen-bond acceptors (Lipinski definition) is 4. The maximum Gasteiger partial charge on any atom is 0.221 e. The second-order valence-corrected chi connectivity index (χ2v) is 5.65. The van der Waals surface area contributed by atoms with Gasteiger partial charge in [0.25, 0.3) is 0 Å². The van der Waals surface area contributed by atoms with Crippen LogP contribution in [0.3, 0.4) is 0 Å². The van der Waals surface area contributed by atoms with Crippen molar-refractivity contribution < 1.29 is 19.0 Å². The molecule has 0 saturated heterocycles. The van der Waals surface area contributed by atoms with Gasteiger partial charge in [0.15, 0.2) is 11.5 Å². The molecule has 2 rings (SSSR count). The van der Waals surface area contributed by atoms with Gasteiger partial charge in [-0.05, 0) is 36.4 Å². The Morgan fingerprint density at radius 1 is 1.09 bits per heavy atom. The number of rotatable bonds is 6. The van der Waals surface area contributed by atoms with E-state index in [9.17, 15) is 4.79 Å². The first-order valence-electron chi connectivity index (χ1n) is 6.94. The topological polar surface area (TPSA) is 56.8 Å². The van der Waals surface area contributed by atoms with Gasteiger partial charge < -0.3 is 19.5 Å². The summed E-state index contributed by atoms with van der Waals surface area (Å²) in [5, 5.41) is 2.71. The van der Waals surface area contributed by atoms with Gasteiger partial charge in [0.2, 0.25) is 5.91 Å². The summed E-state index contributed by atoms with van der Waals surface area (Å²) in [6.07, 6.45) is 0. The minimum atomic E-state index is -0.104. The van der Waals surface area contributed by atoms with Gasteiger partial charge in [-0.3, -0.25) is 4.79 Å². The zero-order chi connectivity index (χ0) is 16.8. The van der Waals surface area contributed by atoms with Crippen molar-refractivity contribution in [2.24, 2.45) is 0 Å². The average molecular weight is 380 g/mol. The summed E-state index contributed by atoms with van der Waals surface area (Å²) >= 11 is 3.50. The van der Waals surface area contributed by atoms with Gasteiger partial charge >= 0.3 is 0 Å². The van der Waals surface area contributed by atoms with Gasteiger partial charge in [-0.2, -0.15) is 0 Å². The molecule has 122 valence electrons. The summed E-state index contributed by atoms with van der Waals surface area (Å²) < 4.78 is 17.2. The van der Waals surface area contributed by atoms with Gasteiger partial charge in [-0.1, -0.05) is 15.9 Å². The van der Waals surface area contributed by atoms with Gasteiger partial charge in [0.05, 0.1) is 14.2 Å². The zero-order valence-corrected chi connectivity index (χ0v) is 14.8. The fourth-order valence-electron chi connectivity index (χ4n) is 2.01. The highest BCUT2D eigenvalue weighted by molar-refractivity contribution is 9.10. The molecule has 0 aromatic heterocycles. The fraction of sp³-hybridized carbons (Fsp3) is 0.235. The van der Waals surface area contributed by atoms with E-state index in [0.29, 0.717) is 23.9 Å². The number of carbonyl (C=O) groups is 1. The molecule has 6 heteroatoms. The Balaban J connectivity index is 2.07. The largest absolute Gasteiger partial charge is 0.493 e. The molecule has 0 fully saturated rings. The van der Waals surface area contributed by atoms with Crippen molar-refractivity contribution in [3.05, 3.63) is 46.4 Å². The normalized spacial score (nSPS) is 10.1. The molecule has 0 aliphatic carbocycles. The SMILES string of the molecule is COc1cc(Br)c(COc2ccc(NC(C)=O)cc2)cc1OC. The summed E-state index contributed by atoms with van der Waals surface area (Å²) in [6, 6.07) is 10.9. The molecule has 0 heterocycles. The number of amides is 1.